The third-order valence-corrected chi connectivity index (χ3v) is 6.09. The summed E-state index contributed by atoms with van der Waals surface area (Å²) in [5.74, 6) is 0.225. The Morgan fingerprint density at radius 2 is 1.79 bits per heavy atom. The number of nitrogens with zero attached hydrogens (tertiary/aromatic N) is 2. The Kier molecular flexibility index (Phi) is 7.57. The minimum atomic E-state index is -4.77. The zero-order valence-corrected chi connectivity index (χ0v) is 18.0. The van der Waals surface area contributed by atoms with E-state index >= 15 is 0 Å². The second-order valence-electron chi connectivity index (χ2n) is 5.68. The van der Waals surface area contributed by atoms with E-state index < -0.39 is 36.0 Å². The van der Waals surface area contributed by atoms with Gasteiger partial charge in [-0.2, -0.15) is 18.3 Å². The molecule has 2 rings (SSSR count). The van der Waals surface area contributed by atoms with Crippen molar-refractivity contribution in [2.45, 2.75) is 20.0 Å². The van der Waals surface area contributed by atoms with Crippen LogP contribution in [0.3, 0.4) is 0 Å². The van der Waals surface area contributed by atoms with E-state index in [0.29, 0.717) is 4.68 Å². The van der Waals surface area contributed by atoms with Gasteiger partial charge < -0.3 is 9.05 Å². The SMILES string of the molecule is CCOP(=O)(/C=C/c1cc(-c2nn(C)c(C(F)(F)F)c2Cl)c(F)cc1Cl)OCC. The Hall–Kier alpha value is -1.38. The van der Waals surface area contributed by atoms with Gasteiger partial charge in [-0.3, -0.25) is 9.25 Å². The molecule has 0 amide bonds. The number of aromatic nitrogens is 2. The highest BCUT2D eigenvalue weighted by Crippen LogP contribution is 2.50. The van der Waals surface area contributed by atoms with Crippen molar-refractivity contribution in [1.29, 1.82) is 0 Å². The Bertz CT molecular complexity index is 967. The molecule has 0 spiro atoms. The van der Waals surface area contributed by atoms with E-state index in [4.69, 9.17) is 32.2 Å². The maximum Gasteiger partial charge on any atom is 0.434 e. The maximum atomic E-state index is 14.4. The fourth-order valence-electron chi connectivity index (χ4n) is 2.51. The zero-order chi connectivity index (χ0) is 22.0. The molecular formula is C17H17Cl2F4N2O3P. The lowest BCUT2D eigenvalue weighted by Gasteiger charge is -2.13. The summed E-state index contributed by atoms with van der Waals surface area (Å²) in [4.78, 5) is 0. The number of halogens is 6. The van der Waals surface area contributed by atoms with Crippen LogP contribution in [0.25, 0.3) is 17.3 Å². The number of benzene rings is 1. The summed E-state index contributed by atoms with van der Waals surface area (Å²) in [7, 11) is -2.52. The average Bonchev–Trinajstić information content (AvgIpc) is 2.89. The molecule has 2 aromatic rings. The summed E-state index contributed by atoms with van der Waals surface area (Å²) >= 11 is 11.9. The molecule has 12 heteroatoms. The molecule has 1 aromatic heterocycles. The van der Waals surface area contributed by atoms with Crippen LogP contribution < -0.4 is 0 Å². The molecule has 160 valence electrons. The third-order valence-electron chi connectivity index (χ3n) is 3.65. The highest BCUT2D eigenvalue weighted by atomic mass is 35.5. The van der Waals surface area contributed by atoms with Crippen molar-refractivity contribution < 1.29 is 31.2 Å². The van der Waals surface area contributed by atoms with E-state index in [9.17, 15) is 22.1 Å². The smallest absolute Gasteiger partial charge is 0.306 e. The summed E-state index contributed by atoms with van der Waals surface area (Å²) in [6.45, 7) is 3.50. The van der Waals surface area contributed by atoms with E-state index in [-0.39, 0.29) is 29.4 Å². The Balaban J connectivity index is 2.56. The minimum absolute atomic E-state index is 0.0647. The van der Waals surface area contributed by atoms with Gasteiger partial charge in [0.1, 0.15) is 11.5 Å². The molecule has 0 fully saturated rings. The number of alkyl halides is 3. The van der Waals surface area contributed by atoms with Crippen molar-refractivity contribution in [2.24, 2.45) is 7.05 Å². The van der Waals surface area contributed by atoms with Gasteiger partial charge in [-0.05, 0) is 37.6 Å². The molecule has 0 aliphatic rings. The summed E-state index contributed by atoms with van der Waals surface area (Å²) in [5, 5.41) is 2.89. The van der Waals surface area contributed by atoms with Crippen LogP contribution in [-0.4, -0.2) is 23.0 Å². The van der Waals surface area contributed by atoms with Gasteiger partial charge in [0.2, 0.25) is 0 Å². The lowest BCUT2D eigenvalue weighted by atomic mass is 10.1. The lowest BCUT2D eigenvalue weighted by molar-refractivity contribution is -0.143. The highest BCUT2D eigenvalue weighted by molar-refractivity contribution is 7.57. The molecule has 1 heterocycles. The van der Waals surface area contributed by atoms with Crippen molar-refractivity contribution in [3.63, 3.8) is 0 Å². The van der Waals surface area contributed by atoms with Crippen LogP contribution in [0.2, 0.25) is 10.0 Å². The van der Waals surface area contributed by atoms with Crippen molar-refractivity contribution in [3.05, 3.63) is 45.1 Å². The molecule has 0 saturated carbocycles. The standard InChI is InChI=1S/C17H17Cl2F4N2O3P/c1-4-27-29(26,28-5-2)7-6-10-8-11(13(20)9-12(10)18)15-14(19)16(17(21,22)23)25(3)24-15/h6-9H,4-5H2,1-3H3/b7-6+. The van der Waals surface area contributed by atoms with Gasteiger partial charge in [-0.15, -0.1) is 0 Å². The van der Waals surface area contributed by atoms with E-state index in [2.05, 4.69) is 5.10 Å². The van der Waals surface area contributed by atoms with Gasteiger partial charge in [0, 0.05) is 18.4 Å². The summed E-state index contributed by atoms with van der Waals surface area (Å²) < 4.78 is 77.2. The summed E-state index contributed by atoms with van der Waals surface area (Å²) in [6, 6.07) is 2.06. The molecule has 5 nitrogen and oxygen atoms in total. The predicted molar refractivity (Wildman–Crippen MR) is 104 cm³/mol. The normalized spacial score (nSPS) is 12.9. The average molecular weight is 475 g/mol. The van der Waals surface area contributed by atoms with Crippen LogP contribution in [0.5, 0.6) is 0 Å². The fourth-order valence-corrected chi connectivity index (χ4v) is 4.40. The molecule has 1 aromatic carbocycles. The molecule has 0 bridgehead atoms. The lowest BCUT2D eigenvalue weighted by Crippen LogP contribution is -2.12. The second-order valence-corrected chi connectivity index (χ2v) is 8.36. The van der Waals surface area contributed by atoms with E-state index in [1.807, 2.05) is 0 Å². The van der Waals surface area contributed by atoms with Crippen LogP contribution >= 0.6 is 30.8 Å². The molecule has 0 unspecified atom stereocenters. The van der Waals surface area contributed by atoms with Crippen LogP contribution in [0, 0.1) is 5.82 Å². The van der Waals surface area contributed by atoms with Crippen LogP contribution in [0.15, 0.2) is 17.9 Å². The number of aryl methyl sites for hydroxylation is 1. The Labute approximate surface area is 174 Å². The Morgan fingerprint density at radius 1 is 1.21 bits per heavy atom. The predicted octanol–water partition coefficient (Wildman–Crippen LogP) is 6.79. The van der Waals surface area contributed by atoms with Gasteiger partial charge in [0.05, 0.1) is 23.3 Å². The van der Waals surface area contributed by atoms with Gasteiger partial charge in [-0.25, -0.2) is 4.39 Å². The quantitative estimate of drug-likeness (QED) is 0.327. The first-order valence-electron chi connectivity index (χ1n) is 8.30. The number of rotatable bonds is 7. The van der Waals surface area contributed by atoms with Gasteiger partial charge in [0.25, 0.3) is 0 Å². The topological polar surface area (TPSA) is 53.3 Å². The molecule has 0 radical (unpaired) electrons. The summed E-state index contributed by atoms with van der Waals surface area (Å²) in [5.41, 5.74) is -1.74. The second kappa shape index (κ2) is 9.18. The first-order chi connectivity index (χ1) is 13.4. The van der Waals surface area contributed by atoms with E-state index in [0.717, 1.165) is 25.0 Å². The largest absolute Gasteiger partial charge is 0.434 e. The van der Waals surface area contributed by atoms with Crippen molar-refractivity contribution in [3.8, 4) is 11.3 Å². The Morgan fingerprint density at radius 3 is 2.28 bits per heavy atom. The van der Waals surface area contributed by atoms with Crippen molar-refractivity contribution in [1.82, 2.24) is 9.78 Å². The van der Waals surface area contributed by atoms with E-state index in [1.54, 1.807) is 13.8 Å². The molecule has 0 saturated heterocycles. The first-order valence-corrected chi connectivity index (χ1v) is 10.7. The molecule has 0 aliphatic heterocycles. The van der Waals surface area contributed by atoms with Gasteiger partial charge in [0.15, 0.2) is 5.69 Å². The monoisotopic (exact) mass is 474 g/mol. The van der Waals surface area contributed by atoms with Gasteiger partial charge in [-0.1, -0.05) is 23.2 Å². The molecular weight excluding hydrogens is 458 g/mol. The highest BCUT2D eigenvalue weighted by Gasteiger charge is 2.39. The first kappa shape index (κ1) is 23.9. The maximum absolute atomic E-state index is 14.4. The zero-order valence-electron chi connectivity index (χ0n) is 15.6. The fraction of sp³-hybridized carbons (Fsp3) is 0.353. The molecule has 0 N–H and O–H groups in total. The third kappa shape index (κ3) is 5.41. The van der Waals surface area contributed by atoms with Crippen LogP contribution in [-0.2, 0) is 26.8 Å². The van der Waals surface area contributed by atoms with E-state index in [1.165, 1.54) is 6.08 Å². The molecule has 0 atom stereocenters. The van der Waals surface area contributed by atoms with Crippen LogP contribution in [0.1, 0.15) is 25.1 Å². The number of hydrogen-bond acceptors (Lipinski definition) is 4. The van der Waals surface area contributed by atoms with Crippen LogP contribution in [0.4, 0.5) is 17.6 Å². The van der Waals surface area contributed by atoms with Crippen molar-refractivity contribution in [2.75, 3.05) is 13.2 Å². The summed E-state index contributed by atoms with van der Waals surface area (Å²) in [6.07, 6.45) is -3.50. The van der Waals surface area contributed by atoms with Crippen molar-refractivity contribution >= 4 is 36.9 Å². The van der Waals surface area contributed by atoms with Gasteiger partial charge >= 0.3 is 13.8 Å². The minimum Gasteiger partial charge on any atom is -0.306 e. The molecule has 0 aliphatic carbocycles. The number of hydrogen-bond donors (Lipinski definition) is 0. The molecule has 29 heavy (non-hydrogen) atoms.